The van der Waals surface area contributed by atoms with Crippen molar-refractivity contribution in [1.82, 2.24) is 20.6 Å². The zero-order valence-electron chi connectivity index (χ0n) is 17.1. The highest BCUT2D eigenvalue weighted by Gasteiger charge is 2.05. The third-order valence-electron chi connectivity index (χ3n) is 4.27. The molecule has 0 unspecified atom stereocenters. The fourth-order valence-corrected chi connectivity index (χ4v) is 3.52. The first-order valence-corrected chi connectivity index (χ1v) is 10.5. The summed E-state index contributed by atoms with van der Waals surface area (Å²) in [7, 11) is 0. The highest BCUT2D eigenvalue weighted by molar-refractivity contribution is 7.11. The van der Waals surface area contributed by atoms with Gasteiger partial charge in [0.05, 0.1) is 18.8 Å². The van der Waals surface area contributed by atoms with E-state index in [4.69, 9.17) is 4.74 Å². The van der Waals surface area contributed by atoms with Gasteiger partial charge in [0.2, 0.25) is 5.88 Å². The van der Waals surface area contributed by atoms with Crippen molar-refractivity contribution in [2.75, 3.05) is 6.54 Å². The van der Waals surface area contributed by atoms with Gasteiger partial charge in [-0.2, -0.15) is 0 Å². The van der Waals surface area contributed by atoms with Crippen molar-refractivity contribution >= 4 is 17.3 Å². The van der Waals surface area contributed by atoms with Gasteiger partial charge in [0, 0.05) is 23.7 Å². The van der Waals surface area contributed by atoms with E-state index in [0.717, 1.165) is 34.3 Å². The number of aromatic nitrogens is 2. The van der Waals surface area contributed by atoms with Gasteiger partial charge in [0.1, 0.15) is 11.6 Å². The number of guanidine groups is 1. The van der Waals surface area contributed by atoms with Gasteiger partial charge in [-0.05, 0) is 38.0 Å². The lowest BCUT2D eigenvalue weighted by molar-refractivity contribution is 0.293. The molecule has 2 heterocycles. The Kier molecular flexibility index (Phi) is 7.58. The molecule has 0 radical (unpaired) electrons. The quantitative estimate of drug-likeness (QED) is 0.435. The minimum atomic E-state index is 0.497. The van der Waals surface area contributed by atoms with Gasteiger partial charge in [-0.15, -0.1) is 11.3 Å². The molecule has 152 valence electrons. The van der Waals surface area contributed by atoms with E-state index in [1.165, 1.54) is 4.88 Å². The number of hydrogen-bond acceptors (Lipinski definition) is 5. The number of pyridine rings is 1. The largest absolute Gasteiger partial charge is 0.473 e. The highest BCUT2D eigenvalue weighted by atomic mass is 32.1. The van der Waals surface area contributed by atoms with Crippen molar-refractivity contribution < 1.29 is 4.74 Å². The van der Waals surface area contributed by atoms with Gasteiger partial charge >= 0.3 is 0 Å². The molecule has 0 aliphatic rings. The Morgan fingerprint density at radius 2 is 1.93 bits per heavy atom. The first-order chi connectivity index (χ1) is 14.1. The predicted molar refractivity (Wildman–Crippen MR) is 118 cm³/mol. The smallest absolute Gasteiger partial charge is 0.213 e. The van der Waals surface area contributed by atoms with Crippen LogP contribution < -0.4 is 15.4 Å². The molecule has 29 heavy (non-hydrogen) atoms. The molecular weight excluding hydrogens is 382 g/mol. The normalized spacial score (nSPS) is 11.3. The molecule has 1 aromatic carbocycles. The van der Waals surface area contributed by atoms with Gasteiger partial charge in [-0.3, -0.25) is 0 Å². The van der Waals surface area contributed by atoms with Crippen molar-refractivity contribution in [3.8, 4) is 5.88 Å². The summed E-state index contributed by atoms with van der Waals surface area (Å²) in [5.41, 5.74) is 3.25. The van der Waals surface area contributed by atoms with Crippen molar-refractivity contribution in [3.05, 3.63) is 75.4 Å². The van der Waals surface area contributed by atoms with Crippen LogP contribution in [0.15, 0.2) is 53.7 Å². The van der Waals surface area contributed by atoms with Crippen LogP contribution in [0, 0.1) is 13.8 Å². The van der Waals surface area contributed by atoms with Crippen LogP contribution in [0.5, 0.6) is 5.88 Å². The molecule has 6 nitrogen and oxygen atoms in total. The van der Waals surface area contributed by atoms with Gasteiger partial charge in [-0.1, -0.05) is 30.3 Å². The molecule has 0 bridgehead atoms. The summed E-state index contributed by atoms with van der Waals surface area (Å²) in [5.74, 6) is 1.37. The van der Waals surface area contributed by atoms with Crippen molar-refractivity contribution in [2.45, 2.75) is 40.5 Å². The first kappa shape index (κ1) is 20.8. The summed E-state index contributed by atoms with van der Waals surface area (Å²) in [4.78, 5) is 14.8. The standard InChI is InChI=1S/C22H27N5OS/c1-4-23-22(26-14-21-27-16(2)17(3)29-21)25-13-19-10-11-24-20(12-19)28-15-18-8-6-5-7-9-18/h5-12H,4,13-15H2,1-3H3,(H2,23,25,26). The number of rotatable bonds is 8. The molecule has 0 amide bonds. The summed E-state index contributed by atoms with van der Waals surface area (Å²) in [6.07, 6.45) is 1.76. The minimum Gasteiger partial charge on any atom is -0.473 e. The second kappa shape index (κ2) is 10.6. The van der Waals surface area contributed by atoms with Crippen LogP contribution in [-0.4, -0.2) is 22.5 Å². The molecule has 0 saturated heterocycles. The van der Waals surface area contributed by atoms with Crippen LogP contribution in [0.25, 0.3) is 0 Å². The number of ether oxygens (including phenoxy) is 1. The Balaban J connectivity index is 1.58. The number of benzene rings is 1. The van der Waals surface area contributed by atoms with Crippen LogP contribution in [0.3, 0.4) is 0 Å². The highest BCUT2D eigenvalue weighted by Crippen LogP contribution is 2.16. The molecule has 2 aromatic heterocycles. The van der Waals surface area contributed by atoms with E-state index in [1.807, 2.05) is 49.4 Å². The van der Waals surface area contributed by atoms with E-state index >= 15 is 0 Å². The van der Waals surface area contributed by atoms with E-state index in [-0.39, 0.29) is 0 Å². The molecule has 3 rings (SSSR count). The zero-order valence-corrected chi connectivity index (χ0v) is 17.9. The maximum atomic E-state index is 5.81. The molecule has 0 aliphatic carbocycles. The maximum Gasteiger partial charge on any atom is 0.213 e. The third-order valence-corrected chi connectivity index (χ3v) is 5.35. The fraction of sp³-hybridized carbons (Fsp3) is 0.318. The van der Waals surface area contributed by atoms with Crippen LogP contribution in [-0.2, 0) is 19.7 Å². The van der Waals surface area contributed by atoms with Crippen molar-refractivity contribution in [1.29, 1.82) is 0 Å². The summed E-state index contributed by atoms with van der Waals surface area (Å²) < 4.78 is 5.81. The number of hydrogen-bond donors (Lipinski definition) is 2. The first-order valence-electron chi connectivity index (χ1n) is 9.70. The second-order valence-corrected chi connectivity index (χ2v) is 7.86. The molecule has 0 atom stereocenters. The van der Waals surface area contributed by atoms with Crippen LogP contribution in [0.2, 0.25) is 0 Å². The van der Waals surface area contributed by atoms with Crippen LogP contribution in [0.4, 0.5) is 0 Å². The number of thiazole rings is 1. The lowest BCUT2D eigenvalue weighted by Gasteiger charge is -2.10. The Morgan fingerprint density at radius 1 is 1.10 bits per heavy atom. The summed E-state index contributed by atoms with van der Waals surface area (Å²) in [6.45, 7) is 8.67. The van der Waals surface area contributed by atoms with E-state index in [9.17, 15) is 0 Å². The topological polar surface area (TPSA) is 71.4 Å². The molecule has 2 N–H and O–H groups in total. The Bertz CT molecular complexity index is 920. The number of nitrogens with zero attached hydrogens (tertiary/aromatic N) is 3. The minimum absolute atomic E-state index is 0.497. The second-order valence-electron chi connectivity index (χ2n) is 6.57. The van der Waals surface area contributed by atoms with Crippen LogP contribution in [0.1, 0.15) is 33.6 Å². The monoisotopic (exact) mass is 409 g/mol. The lowest BCUT2D eigenvalue weighted by Crippen LogP contribution is -2.36. The predicted octanol–water partition coefficient (Wildman–Crippen LogP) is 3.99. The van der Waals surface area contributed by atoms with E-state index in [1.54, 1.807) is 17.5 Å². The fourth-order valence-electron chi connectivity index (χ4n) is 2.65. The Labute approximate surface area is 176 Å². The van der Waals surface area contributed by atoms with E-state index in [2.05, 4.69) is 39.4 Å². The Hall–Kier alpha value is -2.93. The molecule has 7 heteroatoms. The van der Waals surface area contributed by atoms with E-state index in [0.29, 0.717) is 25.6 Å². The van der Waals surface area contributed by atoms with Crippen molar-refractivity contribution in [3.63, 3.8) is 0 Å². The molecule has 0 fully saturated rings. The van der Waals surface area contributed by atoms with Crippen molar-refractivity contribution in [2.24, 2.45) is 4.99 Å². The maximum absolute atomic E-state index is 5.81. The Morgan fingerprint density at radius 3 is 2.66 bits per heavy atom. The van der Waals surface area contributed by atoms with Crippen LogP contribution >= 0.6 is 11.3 Å². The van der Waals surface area contributed by atoms with Gasteiger partial charge in [0.25, 0.3) is 0 Å². The third kappa shape index (κ3) is 6.57. The van der Waals surface area contributed by atoms with Gasteiger partial charge in [0.15, 0.2) is 5.96 Å². The summed E-state index contributed by atoms with van der Waals surface area (Å²) in [5, 5.41) is 7.68. The number of nitrogens with one attached hydrogen (secondary N) is 2. The lowest BCUT2D eigenvalue weighted by atomic mass is 10.2. The summed E-state index contributed by atoms with van der Waals surface area (Å²) in [6, 6.07) is 14.0. The molecule has 0 aliphatic heterocycles. The number of aliphatic imine (C=N–C) groups is 1. The SMILES string of the molecule is CCNC(=NCc1ccnc(OCc2ccccc2)c1)NCc1nc(C)c(C)s1. The summed E-state index contributed by atoms with van der Waals surface area (Å²) >= 11 is 1.71. The average molecular weight is 410 g/mol. The van der Waals surface area contributed by atoms with E-state index < -0.39 is 0 Å². The molecule has 0 spiro atoms. The molecule has 0 saturated carbocycles. The molecule has 3 aromatic rings. The van der Waals surface area contributed by atoms with Gasteiger partial charge < -0.3 is 15.4 Å². The number of aryl methyl sites for hydroxylation is 2. The average Bonchev–Trinajstić information content (AvgIpc) is 3.07. The van der Waals surface area contributed by atoms with Gasteiger partial charge in [-0.25, -0.2) is 15.0 Å². The zero-order chi connectivity index (χ0) is 20.5. The molecular formula is C22H27N5OS.